The molecule has 2 unspecified atom stereocenters. The summed E-state index contributed by atoms with van der Waals surface area (Å²) >= 11 is 0. The lowest BCUT2D eigenvalue weighted by molar-refractivity contribution is 0.398. The Bertz CT molecular complexity index is 578. The Kier molecular flexibility index (Phi) is 3.87. The molecule has 1 heterocycles. The second-order valence-electron chi connectivity index (χ2n) is 6.10. The van der Waals surface area contributed by atoms with Crippen LogP contribution in [-0.4, -0.2) is 26.5 Å². The first-order valence-electron chi connectivity index (χ1n) is 7.63. The van der Waals surface area contributed by atoms with Crippen LogP contribution in [0.25, 0.3) is 0 Å². The lowest BCUT2D eigenvalue weighted by atomic mass is 9.88. The Morgan fingerprint density at radius 3 is 2.60 bits per heavy atom. The number of nitrogens with one attached hydrogen (secondary N) is 1. The molecule has 2 atom stereocenters. The van der Waals surface area contributed by atoms with E-state index in [1.807, 2.05) is 0 Å². The topological polar surface area (TPSA) is 46.2 Å². The monoisotopic (exact) mass is 293 g/mol. The van der Waals surface area contributed by atoms with E-state index in [-0.39, 0.29) is 12.0 Å². The van der Waals surface area contributed by atoms with Crippen molar-refractivity contribution in [2.45, 2.75) is 38.1 Å². The predicted octanol–water partition coefficient (Wildman–Crippen LogP) is 2.65. The van der Waals surface area contributed by atoms with E-state index < -0.39 is 9.84 Å². The first kappa shape index (κ1) is 14.1. The highest BCUT2D eigenvalue weighted by atomic mass is 32.2. The summed E-state index contributed by atoms with van der Waals surface area (Å²) < 4.78 is 23.6. The molecular weight excluding hydrogens is 270 g/mol. The Labute approximate surface area is 121 Å². The molecule has 0 bridgehead atoms. The fraction of sp³-hybridized carbons (Fsp3) is 0.625. The highest BCUT2D eigenvalue weighted by molar-refractivity contribution is 7.91. The quantitative estimate of drug-likeness (QED) is 0.908. The first-order chi connectivity index (χ1) is 9.61. The largest absolute Gasteiger partial charge is 0.310 e. The minimum Gasteiger partial charge on any atom is -0.310 e. The number of benzene rings is 1. The Morgan fingerprint density at radius 2 is 2.00 bits per heavy atom. The van der Waals surface area contributed by atoms with Crippen molar-refractivity contribution in [2.75, 3.05) is 18.1 Å². The molecule has 1 aliphatic carbocycles. The van der Waals surface area contributed by atoms with Crippen LogP contribution in [0.4, 0.5) is 0 Å². The molecule has 0 radical (unpaired) electrons. The fourth-order valence-corrected chi connectivity index (χ4v) is 5.24. The Hall–Kier alpha value is -0.870. The summed E-state index contributed by atoms with van der Waals surface area (Å²) in [6.07, 6.45) is 3.34. The smallest absolute Gasteiger partial charge is 0.150 e. The van der Waals surface area contributed by atoms with E-state index >= 15 is 0 Å². The molecule has 1 aromatic rings. The molecule has 0 spiro atoms. The number of rotatable bonds is 5. The second-order valence-corrected chi connectivity index (χ2v) is 8.33. The third-order valence-corrected chi connectivity index (χ3v) is 6.31. The summed E-state index contributed by atoms with van der Waals surface area (Å²) in [4.78, 5) is 0. The lowest BCUT2D eigenvalue weighted by Gasteiger charge is -2.26. The van der Waals surface area contributed by atoms with Gasteiger partial charge in [0.05, 0.1) is 11.5 Å². The molecule has 110 valence electrons. The van der Waals surface area contributed by atoms with Crippen LogP contribution in [0, 0.1) is 5.92 Å². The number of hydrogen-bond donors (Lipinski definition) is 1. The minimum absolute atomic E-state index is 0.189. The molecule has 2 aliphatic rings. The average molecular weight is 293 g/mol. The van der Waals surface area contributed by atoms with Crippen molar-refractivity contribution in [3.05, 3.63) is 35.4 Å². The maximum Gasteiger partial charge on any atom is 0.150 e. The molecule has 20 heavy (non-hydrogen) atoms. The van der Waals surface area contributed by atoms with Gasteiger partial charge in [-0.1, -0.05) is 31.2 Å². The molecule has 3 nitrogen and oxygen atoms in total. The predicted molar refractivity (Wildman–Crippen MR) is 81.6 cm³/mol. The van der Waals surface area contributed by atoms with Crippen molar-refractivity contribution >= 4 is 9.84 Å². The van der Waals surface area contributed by atoms with Gasteiger partial charge in [-0.2, -0.15) is 0 Å². The summed E-state index contributed by atoms with van der Waals surface area (Å²) in [6, 6.07) is 8.78. The van der Waals surface area contributed by atoms with E-state index in [9.17, 15) is 8.42 Å². The maximum atomic E-state index is 11.8. The molecule has 1 aliphatic heterocycles. The van der Waals surface area contributed by atoms with Gasteiger partial charge in [0.25, 0.3) is 0 Å². The molecular formula is C16H23NO2S. The highest BCUT2D eigenvalue weighted by Crippen LogP contribution is 2.44. The minimum atomic E-state index is -2.82. The number of sulfone groups is 1. The average Bonchev–Trinajstić information content (AvgIpc) is 3.20. The SMILES string of the molecule is CCNC(c1ccccc1C1CC1)C1CCS(=O)(=O)C1. The third-order valence-electron chi connectivity index (χ3n) is 4.51. The van der Waals surface area contributed by atoms with Crippen LogP contribution < -0.4 is 5.32 Å². The van der Waals surface area contributed by atoms with Crippen molar-refractivity contribution in [1.29, 1.82) is 0 Å². The van der Waals surface area contributed by atoms with Crippen LogP contribution in [0.15, 0.2) is 24.3 Å². The van der Waals surface area contributed by atoms with Gasteiger partial charge in [0, 0.05) is 6.04 Å². The van der Waals surface area contributed by atoms with E-state index in [4.69, 9.17) is 0 Å². The molecule has 1 saturated heterocycles. The van der Waals surface area contributed by atoms with Crippen molar-refractivity contribution in [2.24, 2.45) is 5.92 Å². The first-order valence-corrected chi connectivity index (χ1v) is 9.45. The lowest BCUT2D eigenvalue weighted by Crippen LogP contribution is -2.29. The van der Waals surface area contributed by atoms with Gasteiger partial charge in [-0.25, -0.2) is 8.42 Å². The zero-order chi connectivity index (χ0) is 14.2. The van der Waals surface area contributed by atoms with Crippen LogP contribution in [0.1, 0.15) is 49.3 Å². The Morgan fingerprint density at radius 1 is 1.25 bits per heavy atom. The number of hydrogen-bond acceptors (Lipinski definition) is 3. The highest BCUT2D eigenvalue weighted by Gasteiger charge is 2.36. The second kappa shape index (κ2) is 5.49. The summed E-state index contributed by atoms with van der Waals surface area (Å²) in [5.41, 5.74) is 2.77. The van der Waals surface area contributed by atoms with Gasteiger partial charge < -0.3 is 5.32 Å². The van der Waals surface area contributed by atoms with Gasteiger partial charge in [0.2, 0.25) is 0 Å². The van der Waals surface area contributed by atoms with Crippen LogP contribution in [-0.2, 0) is 9.84 Å². The normalized spacial score (nSPS) is 26.6. The molecule has 1 aromatic carbocycles. The molecule has 0 aromatic heterocycles. The van der Waals surface area contributed by atoms with Crippen molar-refractivity contribution in [3.8, 4) is 0 Å². The molecule has 3 rings (SSSR count). The van der Waals surface area contributed by atoms with E-state index in [1.54, 1.807) is 0 Å². The fourth-order valence-electron chi connectivity index (χ4n) is 3.40. The summed E-state index contributed by atoms with van der Waals surface area (Å²) in [7, 11) is -2.82. The summed E-state index contributed by atoms with van der Waals surface area (Å²) in [6.45, 7) is 2.97. The molecule has 0 amide bonds. The van der Waals surface area contributed by atoms with Gasteiger partial charge in [-0.05, 0) is 48.8 Å². The molecule has 1 N–H and O–H groups in total. The van der Waals surface area contributed by atoms with Gasteiger partial charge in [-0.3, -0.25) is 0 Å². The molecule has 2 fully saturated rings. The van der Waals surface area contributed by atoms with Crippen LogP contribution >= 0.6 is 0 Å². The van der Waals surface area contributed by atoms with E-state index in [2.05, 4.69) is 36.5 Å². The van der Waals surface area contributed by atoms with Crippen LogP contribution in [0.5, 0.6) is 0 Å². The van der Waals surface area contributed by atoms with Crippen molar-refractivity contribution < 1.29 is 8.42 Å². The van der Waals surface area contributed by atoms with Gasteiger partial charge in [-0.15, -0.1) is 0 Å². The van der Waals surface area contributed by atoms with Gasteiger partial charge in [0.15, 0.2) is 9.84 Å². The van der Waals surface area contributed by atoms with Crippen LogP contribution in [0.3, 0.4) is 0 Å². The van der Waals surface area contributed by atoms with Crippen molar-refractivity contribution in [3.63, 3.8) is 0 Å². The molecule has 1 saturated carbocycles. The van der Waals surface area contributed by atoms with Gasteiger partial charge in [0.1, 0.15) is 0 Å². The van der Waals surface area contributed by atoms with E-state index in [0.717, 1.165) is 13.0 Å². The maximum absolute atomic E-state index is 11.8. The summed E-state index contributed by atoms with van der Waals surface area (Å²) in [5, 5.41) is 3.54. The zero-order valence-corrected chi connectivity index (χ0v) is 12.8. The van der Waals surface area contributed by atoms with E-state index in [0.29, 0.717) is 17.4 Å². The zero-order valence-electron chi connectivity index (χ0n) is 12.0. The third kappa shape index (κ3) is 2.91. The molecule has 4 heteroatoms. The van der Waals surface area contributed by atoms with Crippen LogP contribution in [0.2, 0.25) is 0 Å². The Balaban J connectivity index is 1.91. The van der Waals surface area contributed by atoms with Gasteiger partial charge >= 0.3 is 0 Å². The summed E-state index contributed by atoms with van der Waals surface area (Å²) in [5.74, 6) is 1.61. The standard InChI is InChI=1S/C16H23NO2S/c1-2-17-16(13-9-10-20(18,19)11-13)15-6-4-3-5-14(15)12-7-8-12/h3-6,12-13,16-17H,2,7-11H2,1H3. The van der Waals surface area contributed by atoms with Crippen molar-refractivity contribution in [1.82, 2.24) is 5.32 Å². The van der Waals surface area contributed by atoms with E-state index in [1.165, 1.54) is 24.0 Å².